The minimum absolute atomic E-state index is 0.568. The van der Waals surface area contributed by atoms with Gasteiger partial charge in [0.1, 0.15) is 5.52 Å². The predicted octanol–water partition coefficient (Wildman–Crippen LogP) is 3.89. The number of hydrogen-bond donors (Lipinski definition) is 1. The number of nitrogens with zero attached hydrogens (tertiary/aromatic N) is 3. The number of fused-ring (bicyclic) bond motifs is 1. The van der Waals surface area contributed by atoms with E-state index in [1.165, 1.54) is 0 Å². The molecule has 0 amide bonds. The van der Waals surface area contributed by atoms with Crippen molar-refractivity contribution in [3.05, 3.63) is 52.4 Å². The molecule has 6 heteroatoms. The number of rotatable bonds is 3. The van der Waals surface area contributed by atoms with E-state index in [0.717, 1.165) is 22.4 Å². The van der Waals surface area contributed by atoms with E-state index in [0.29, 0.717) is 16.6 Å². The molecule has 0 radical (unpaired) electrons. The molecule has 0 saturated heterocycles. The van der Waals surface area contributed by atoms with Gasteiger partial charge >= 0.3 is 0 Å². The molecule has 0 aliphatic carbocycles. The van der Waals surface area contributed by atoms with E-state index < -0.39 is 0 Å². The summed E-state index contributed by atoms with van der Waals surface area (Å²) in [4.78, 5) is 8.68. The summed E-state index contributed by atoms with van der Waals surface area (Å²) < 4.78 is 1.96. The molecule has 0 bridgehead atoms. The van der Waals surface area contributed by atoms with Crippen molar-refractivity contribution >= 4 is 40.1 Å². The highest BCUT2D eigenvalue weighted by molar-refractivity contribution is 6.35. The van der Waals surface area contributed by atoms with Gasteiger partial charge in [0.15, 0.2) is 5.82 Å². The van der Waals surface area contributed by atoms with Crippen molar-refractivity contribution in [2.24, 2.45) is 7.05 Å². The third kappa shape index (κ3) is 2.44. The second-order valence-electron chi connectivity index (χ2n) is 4.47. The highest BCUT2D eigenvalue weighted by atomic mass is 35.5. The Balaban J connectivity index is 1.87. The minimum atomic E-state index is 0.568. The summed E-state index contributed by atoms with van der Waals surface area (Å²) in [5.41, 5.74) is 2.84. The van der Waals surface area contributed by atoms with Crippen molar-refractivity contribution < 1.29 is 0 Å². The molecule has 3 rings (SSSR count). The number of nitrogens with one attached hydrogen (secondary N) is 1. The van der Waals surface area contributed by atoms with E-state index in [2.05, 4.69) is 15.3 Å². The third-order valence-corrected chi connectivity index (χ3v) is 3.69. The van der Waals surface area contributed by atoms with Gasteiger partial charge in [-0.15, -0.1) is 0 Å². The molecule has 0 atom stereocenters. The molecule has 2 heterocycles. The van der Waals surface area contributed by atoms with Gasteiger partial charge in [0.25, 0.3) is 0 Å². The van der Waals surface area contributed by atoms with Crippen molar-refractivity contribution in [2.75, 3.05) is 5.32 Å². The maximum atomic E-state index is 6.15. The van der Waals surface area contributed by atoms with Gasteiger partial charge in [-0.05, 0) is 23.8 Å². The second-order valence-corrected chi connectivity index (χ2v) is 5.32. The zero-order valence-electron chi connectivity index (χ0n) is 10.8. The van der Waals surface area contributed by atoms with Crippen LogP contribution in [0.5, 0.6) is 0 Å². The molecule has 4 nitrogen and oxygen atoms in total. The van der Waals surface area contributed by atoms with Gasteiger partial charge in [-0.25, -0.2) is 9.97 Å². The number of aryl methyl sites for hydroxylation is 1. The molecule has 0 unspecified atom stereocenters. The van der Waals surface area contributed by atoms with Gasteiger partial charge in [0, 0.05) is 29.8 Å². The average Bonchev–Trinajstić information content (AvgIpc) is 2.80. The largest absolute Gasteiger partial charge is 0.364 e. The molecule has 3 aromatic rings. The van der Waals surface area contributed by atoms with Gasteiger partial charge < -0.3 is 9.88 Å². The maximum absolute atomic E-state index is 6.15. The van der Waals surface area contributed by atoms with E-state index in [9.17, 15) is 0 Å². The van der Waals surface area contributed by atoms with Crippen molar-refractivity contribution in [1.29, 1.82) is 0 Å². The molecule has 1 N–H and O–H groups in total. The van der Waals surface area contributed by atoms with Gasteiger partial charge in [-0.1, -0.05) is 29.3 Å². The molecule has 0 spiro atoms. The molecular formula is C14H12Cl2N4. The van der Waals surface area contributed by atoms with Crippen LogP contribution >= 0.6 is 23.2 Å². The predicted molar refractivity (Wildman–Crippen MR) is 82.3 cm³/mol. The number of pyridine rings is 1. The Hall–Kier alpha value is -1.78. The molecular weight excluding hydrogens is 295 g/mol. The van der Waals surface area contributed by atoms with Gasteiger partial charge in [-0.2, -0.15) is 0 Å². The SMILES string of the molecule is Cn1cnc2c(NCc3ccc(Cl)cc3Cl)nccc21. The maximum Gasteiger partial charge on any atom is 0.154 e. The third-order valence-electron chi connectivity index (χ3n) is 3.10. The van der Waals surface area contributed by atoms with E-state index in [-0.39, 0.29) is 0 Å². The van der Waals surface area contributed by atoms with Gasteiger partial charge in [0.05, 0.1) is 11.8 Å². The lowest BCUT2D eigenvalue weighted by Crippen LogP contribution is -2.02. The summed E-state index contributed by atoms with van der Waals surface area (Å²) in [6.07, 6.45) is 3.53. The zero-order valence-corrected chi connectivity index (χ0v) is 12.3. The van der Waals surface area contributed by atoms with Crippen LogP contribution in [0.2, 0.25) is 10.0 Å². The zero-order chi connectivity index (χ0) is 14.1. The summed E-state index contributed by atoms with van der Waals surface area (Å²) in [6.45, 7) is 0.568. The summed E-state index contributed by atoms with van der Waals surface area (Å²) in [6, 6.07) is 7.38. The van der Waals surface area contributed by atoms with Crippen molar-refractivity contribution in [3.8, 4) is 0 Å². The number of halogens is 2. The van der Waals surface area contributed by atoms with E-state index in [4.69, 9.17) is 23.2 Å². The van der Waals surface area contributed by atoms with Gasteiger partial charge in [-0.3, -0.25) is 0 Å². The van der Waals surface area contributed by atoms with Gasteiger partial charge in [0.2, 0.25) is 0 Å². The van der Waals surface area contributed by atoms with E-state index in [1.807, 2.05) is 29.8 Å². The number of hydrogen-bond acceptors (Lipinski definition) is 3. The van der Waals surface area contributed by atoms with Crippen LogP contribution in [0.25, 0.3) is 11.0 Å². The highest BCUT2D eigenvalue weighted by Crippen LogP contribution is 2.23. The number of aromatic nitrogens is 3. The minimum Gasteiger partial charge on any atom is -0.364 e. The Kier molecular flexibility index (Phi) is 3.51. The fraction of sp³-hybridized carbons (Fsp3) is 0.143. The summed E-state index contributed by atoms with van der Waals surface area (Å²) in [5.74, 6) is 0.745. The first kappa shape index (κ1) is 13.2. The normalized spacial score (nSPS) is 10.9. The van der Waals surface area contributed by atoms with Crippen LogP contribution in [0.4, 0.5) is 5.82 Å². The summed E-state index contributed by atoms with van der Waals surface area (Å²) in [7, 11) is 1.95. The summed E-state index contributed by atoms with van der Waals surface area (Å²) >= 11 is 12.0. The Morgan fingerprint density at radius 2 is 2.05 bits per heavy atom. The lowest BCUT2D eigenvalue weighted by Gasteiger charge is -2.08. The molecule has 0 aliphatic rings. The number of benzene rings is 1. The molecule has 20 heavy (non-hydrogen) atoms. The first-order chi connectivity index (χ1) is 9.65. The van der Waals surface area contributed by atoms with Crippen molar-refractivity contribution in [1.82, 2.24) is 14.5 Å². The molecule has 0 fully saturated rings. The van der Waals surface area contributed by atoms with Crippen LogP contribution in [-0.4, -0.2) is 14.5 Å². The standard InChI is InChI=1S/C14H12Cl2N4/c1-20-8-19-13-12(20)4-5-17-14(13)18-7-9-2-3-10(15)6-11(9)16/h2-6,8H,7H2,1H3,(H,17,18). The van der Waals surface area contributed by atoms with E-state index >= 15 is 0 Å². The molecule has 1 aromatic carbocycles. The Morgan fingerprint density at radius 1 is 1.20 bits per heavy atom. The highest BCUT2D eigenvalue weighted by Gasteiger charge is 2.07. The lowest BCUT2D eigenvalue weighted by atomic mass is 10.2. The molecule has 0 saturated carbocycles. The van der Waals surface area contributed by atoms with Crippen LogP contribution in [0.1, 0.15) is 5.56 Å². The van der Waals surface area contributed by atoms with Crippen LogP contribution in [0.15, 0.2) is 36.8 Å². The first-order valence-electron chi connectivity index (χ1n) is 6.09. The number of anilines is 1. The fourth-order valence-electron chi connectivity index (χ4n) is 2.04. The van der Waals surface area contributed by atoms with Crippen LogP contribution in [-0.2, 0) is 13.6 Å². The molecule has 0 aliphatic heterocycles. The Bertz CT molecular complexity index is 767. The summed E-state index contributed by atoms with van der Waals surface area (Å²) in [5, 5.41) is 4.53. The monoisotopic (exact) mass is 306 g/mol. The molecule has 2 aromatic heterocycles. The quantitative estimate of drug-likeness (QED) is 0.798. The lowest BCUT2D eigenvalue weighted by molar-refractivity contribution is 0.947. The van der Waals surface area contributed by atoms with Crippen LogP contribution in [0.3, 0.4) is 0 Å². The van der Waals surface area contributed by atoms with Crippen molar-refractivity contribution in [3.63, 3.8) is 0 Å². The Morgan fingerprint density at radius 3 is 2.85 bits per heavy atom. The van der Waals surface area contributed by atoms with Crippen LogP contribution < -0.4 is 5.32 Å². The fourth-order valence-corrected chi connectivity index (χ4v) is 2.51. The van der Waals surface area contributed by atoms with Crippen molar-refractivity contribution in [2.45, 2.75) is 6.54 Å². The van der Waals surface area contributed by atoms with E-state index in [1.54, 1.807) is 18.6 Å². The molecule has 102 valence electrons. The number of imidazole rings is 1. The topological polar surface area (TPSA) is 42.7 Å². The second kappa shape index (κ2) is 5.31. The smallest absolute Gasteiger partial charge is 0.154 e. The average molecular weight is 307 g/mol. The first-order valence-corrected chi connectivity index (χ1v) is 6.84. The Labute approximate surface area is 126 Å². The van der Waals surface area contributed by atoms with Crippen LogP contribution in [0, 0.1) is 0 Å².